The zero-order valence-corrected chi connectivity index (χ0v) is 10.3. The maximum Gasteiger partial charge on any atom is 0.0343 e. The van der Waals surface area contributed by atoms with Crippen molar-refractivity contribution in [1.82, 2.24) is 5.32 Å². The van der Waals surface area contributed by atoms with Crippen molar-refractivity contribution in [2.45, 2.75) is 26.7 Å². The Kier molecular flexibility index (Phi) is 5.06. The molecule has 0 fully saturated rings. The Hall–Kier alpha value is -1.28. The van der Waals surface area contributed by atoms with E-state index < -0.39 is 0 Å². The lowest BCUT2D eigenvalue weighted by Crippen LogP contribution is -2.11. The van der Waals surface area contributed by atoms with E-state index >= 15 is 0 Å². The van der Waals surface area contributed by atoms with E-state index in [0.717, 1.165) is 31.6 Å². The second-order valence-electron chi connectivity index (χ2n) is 4.05. The fraction of sp³-hybridized carbons (Fsp3) is 0.429. The lowest BCUT2D eigenvalue weighted by atomic mass is 10.0. The van der Waals surface area contributed by atoms with Gasteiger partial charge in [-0.3, -0.25) is 0 Å². The summed E-state index contributed by atoms with van der Waals surface area (Å²) in [6.45, 7) is 9.91. The highest BCUT2D eigenvalue weighted by atomic mass is 14.9. The largest absolute Gasteiger partial charge is 0.385 e. The van der Waals surface area contributed by atoms with Crippen molar-refractivity contribution in [1.29, 1.82) is 0 Å². The molecule has 88 valence electrons. The van der Waals surface area contributed by atoms with Gasteiger partial charge in [0, 0.05) is 17.8 Å². The maximum atomic E-state index is 5.52. The number of nitrogens with one attached hydrogen (secondary N) is 1. The minimum absolute atomic E-state index is 0.747. The predicted octanol–water partition coefficient (Wildman–Crippen LogP) is 2.47. The summed E-state index contributed by atoms with van der Waals surface area (Å²) < 4.78 is 0. The van der Waals surface area contributed by atoms with Crippen LogP contribution in [0.3, 0.4) is 0 Å². The Balaban J connectivity index is 2.85. The Morgan fingerprint density at radius 2 is 2.19 bits per heavy atom. The summed E-state index contributed by atoms with van der Waals surface area (Å²) in [7, 11) is 0. The van der Waals surface area contributed by atoms with Crippen LogP contribution in [0.5, 0.6) is 0 Å². The Morgan fingerprint density at radius 1 is 1.44 bits per heavy atom. The van der Waals surface area contributed by atoms with E-state index in [1.165, 1.54) is 16.7 Å². The first-order valence-corrected chi connectivity index (χ1v) is 5.91. The molecule has 0 aliphatic carbocycles. The quantitative estimate of drug-likeness (QED) is 0.769. The summed E-state index contributed by atoms with van der Waals surface area (Å²) in [5, 5.41) is 3.27. The van der Waals surface area contributed by atoms with Gasteiger partial charge >= 0.3 is 0 Å². The van der Waals surface area contributed by atoms with Gasteiger partial charge in [0.25, 0.3) is 0 Å². The van der Waals surface area contributed by atoms with Crippen molar-refractivity contribution in [2.24, 2.45) is 5.73 Å². The smallest absolute Gasteiger partial charge is 0.0343 e. The van der Waals surface area contributed by atoms with Crippen molar-refractivity contribution >= 4 is 5.70 Å². The average Bonchev–Trinajstić information content (AvgIpc) is 2.28. The van der Waals surface area contributed by atoms with Crippen LogP contribution in [0.25, 0.3) is 5.70 Å². The van der Waals surface area contributed by atoms with Crippen LogP contribution >= 0.6 is 0 Å². The van der Waals surface area contributed by atoms with E-state index in [4.69, 9.17) is 5.73 Å². The molecule has 0 aromatic heterocycles. The summed E-state index contributed by atoms with van der Waals surface area (Å²) in [5.41, 5.74) is 10.4. The molecule has 0 heterocycles. The molecule has 0 aliphatic heterocycles. The molecule has 0 spiro atoms. The normalized spacial score (nSPS) is 10.2. The highest BCUT2D eigenvalue weighted by Gasteiger charge is 2.03. The lowest BCUT2D eigenvalue weighted by molar-refractivity contribution is 0.831. The fourth-order valence-electron chi connectivity index (χ4n) is 1.76. The van der Waals surface area contributed by atoms with Gasteiger partial charge in [-0.25, -0.2) is 0 Å². The number of hydrogen-bond donors (Lipinski definition) is 2. The van der Waals surface area contributed by atoms with Crippen LogP contribution < -0.4 is 11.1 Å². The van der Waals surface area contributed by atoms with Crippen molar-refractivity contribution < 1.29 is 0 Å². The van der Waals surface area contributed by atoms with Gasteiger partial charge in [-0.2, -0.15) is 0 Å². The van der Waals surface area contributed by atoms with Gasteiger partial charge in [-0.15, -0.1) is 0 Å². The van der Waals surface area contributed by atoms with Crippen molar-refractivity contribution in [3.8, 4) is 0 Å². The SMILES string of the molecule is C=C(NCC)c1cc(CCCN)ccc1C. The van der Waals surface area contributed by atoms with Crippen molar-refractivity contribution in [3.05, 3.63) is 41.5 Å². The number of nitrogens with two attached hydrogens (primary N) is 1. The summed E-state index contributed by atoms with van der Waals surface area (Å²) in [6, 6.07) is 6.55. The molecule has 1 aromatic carbocycles. The standard InChI is InChI=1S/C14H22N2/c1-4-16-12(3)14-10-13(6-5-9-15)8-7-11(14)2/h7-8,10,16H,3-6,9,15H2,1-2H3. The van der Waals surface area contributed by atoms with Gasteiger partial charge in [0.15, 0.2) is 0 Å². The first-order chi connectivity index (χ1) is 7.69. The van der Waals surface area contributed by atoms with Crippen LogP contribution in [0, 0.1) is 6.92 Å². The van der Waals surface area contributed by atoms with Crippen LogP contribution in [0.2, 0.25) is 0 Å². The van der Waals surface area contributed by atoms with E-state index in [0.29, 0.717) is 0 Å². The van der Waals surface area contributed by atoms with Crippen LogP contribution in [0.1, 0.15) is 30.0 Å². The van der Waals surface area contributed by atoms with Crippen LogP contribution in [-0.4, -0.2) is 13.1 Å². The Bertz CT molecular complexity index is 356. The third-order valence-corrected chi connectivity index (χ3v) is 2.69. The highest BCUT2D eigenvalue weighted by molar-refractivity contribution is 5.65. The van der Waals surface area contributed by atoms with Crippen molar-refractivity contribution in [2.75, 3.05) is 13.1 Å². The zero-order chi connectivity index (χ0) is 12.0. The Morgan fingerprint density at radius 3 is 2.81 bits per heavy atom. The molecule has 0 amide bonds. The van der Waals surface area contributed by atoms with Crippen LogP contribution in [-0.2, 0) is 6.42 Å². The molecule has 0 atom stereocenters. The molecule has 3 N–H and O–H groups in total. The van der Waals surface area contributed by atoms with Gasteiger partial charge in [-0.1, -0.05) is 18.7 Å². The third-order valence-electron chi connectivity index (χ3n) is 2.69. The zero-order valence-electron chi connectivity index (χ0n) is 10.3. The molecule has 0 saturated carbocycles. The minimum Gasteiger partial charge on any atom is -0.385 e. The summed E-state index contributed by atoms with van der Waals surface area (Å²) in [6.07, 6.45) is 2.08. The van der Waals surface area contributed by atoms with Crippen molar-refractivity contribution in [3.63, 3.8) is 0 Å². The van der Waals surface area contributed by atoms with E-state index in [1.54, 1.807) is 0 Å². The van der Waals surface area contributed by atoms with Gasteiger partial charge in [-0.05, 0) is 50.4 Å². The summed E-state index contributed by atoms with van der Waals surface area (Å²) >= 11 is 0. The second-order valence-corrected chi connectivity index (χ2v) is 4.05. The summed E-state index contributed by atoms with van der Waals surface area (Å²) in [4.78, 5) is 0. The molecular weight excluding hydrogens is 196 g/mol. The number of aryl methyl sites for hydroxylation is 2. The number of benzene rings is 1. The lowest BCUT2D eigenvalue weighted by Gasteiger charge is -2.12. The van der Waals surface area contributed by atoms with Gasteiger partial charge in [0.2, 0.25) is 0 Å². The van der Waals surface area contributed by atoms with Crippen LogP contribution in [0.4, 0.5) is 0 Å². The van der Waals surface area contributed by atoms with Gasteiger partial charge in [0.1, 0.15) is 0 Å². The minimum atomic E-state index is 0.747. The van der Waals surface area contributed by atoms with E-state index in [9.17, 15) is 0 Å². The number of rotatable bonds is 6. The van der Waals surface area contributed by atoms with E-state index in [1.807, 2.05) is 0 Å². The molecule has 1 aromatic rings. The first kappa shape index (κ1) is 12.8. The number of hydrogen-bond acceptors (Lipinski definition) is 2. The highest BCUT2D eigenvalue weighted by Crippen LogP contribution is 2.18. The maximum absolute atomic E-state index is 5.52. The topological polar surface area (TPSA) is 38.0 Å². The third kappa shape index (κ3) is 3.38. The molecule has 0 radical (unpaired) electrons. The second kappa shape index (κ2) is 6.33. The monoisotopic (exact) mass is 218 g/mol. The first-order valence-electron chi connectivity index (χ1n) is 5.91. The van der Waals surface area contributed by atoms with Gasteiger partial charge < -0.3 is 11.1 Å². The molecular formula is C14H22N2. The molecule has 2 heteroatoms. The average molecular weight is 218 g/mol. The molecule has 0 bridgehead atoms. The molecule has 0 aliphatic rings. The molecule has 0 unspecified atom stereocenters. The molecule has 0 saturated heterocycles. The fourth-order valence-corrected chi connectivity index (χ4v) is 1.76. The predicted molar refractivity (Wildman–Crippen MR) is 71.3 cm³/mol. The molecule has 1 rings (SSSR count). The van der Waals surface area contributed by atoms with E-state index in [-0.39, 0.29) is 0 Å². The van der Waals surface area contributed by atoms with E-state index in [2.05, 4.69) is 43.9 Å². The van der Waals surface area contributed by atoms with Gasteiger partial charge in [0.05, 0.1) is 0 Å². The summed E-state index contributed by atoms with van der Waals surface area (Å²) in [5.74, 6) is 0. The Labute approximate surface area is 98.6 Å². The molecule has 2 nitrogen and oxygen atoms in total. The molecule has 16 heavy (non-hydrogen) atoms. The van der Waals surface area contributed by atoms with Crippen LogP contribution in [0.15, 0.2) is 24.8 Å².